The summed E-state index contributed by atoms with van der Waals surface area (Å²) in [5.41, 5.74) is -2.82. The first-order valence-corrected chi connectivity index (χ1v) is 10.6. The minimum absolute atomic E-state index is 0.156. The molecule has 3 unspecified atom stereocenters. The van der Waals surface area contributed by atoms with Gasteiger partial charge in [-0.2, -0.15) is 13.2 Å². The van der Waals surface area contributed by atoms with E-state index in [0.717, 1.165) is 16.8 Å². The summed E-state index contributed by atoms with van der Waals surface area (Å²) in [7, 11) is 0. The van der Waals surface area contributed by atoms with Gasteiger partial charge in [0.15, 0.2) is 17.9 Å². The second kappa shape index (κ2) is 7.75. The Bertz CT molecular complexity index is 1450. The van der Waals surface area contributed by atoms with Crippen molar-refractivity contribution in [3.8, 4) is 11.5 Å². The minimum atomic E-state index is -4.67. The van der Waals surface area contributed by atoms with Crippen molar-refractivity contribution in [2.45, 2.75) is 43.6 Å². The predicted molar refractivity (Wildman–Crippen MR) is 112 cm³/mol. The third kappa shape index (κ3) is 3.64. The van der Waals surface area contributed by atoms with Gasteiger partial charge >= 0.3 is 11.9 Å². The van der Waals surface area contributed by atoms with Gasteiger partial charge in [0, 0.05) is 31.4 Å². The highest BCUT2D eigenvalue weighted by atomic mass is 19.4. The molecule has 0 radical (unpaired) electrons. The molecular weight excluding hydrogens is 472 g/mol. The molecule has 5 heterocycles. The topological polar surface area (TPSA) is 78.7 Å². The van der Waals surface area contributed by atoms with E-state index in [0.29, 0.717) is 30.4 Å². The fraction of sp³-hybridized carbons (Fsp3) is 0.348. The van der Waals surface area contributed by atoms with Crippen LogP contribution in [0, 0.1) is 5.82 Å². The van der Waals surface area contributed by atoms with Crippen LogP contribution in [0.1, 0.15) is 20.4 Å². The summed E-state index contributed by atoms with van der Waals surface area (Å²) in [6.07, 6.45) is -3.51. The fourth-order valence-electron chi connectivity index (χ4n) is 4.68. The van der Waals surface area contributed by atoms with Crippen molar-refractivity contribution in [3.63, 3.8) is 0 Å². The average molecular weight is 492 g/mol. The third-order valence-corrected chi connectivity index (χ3v) is 6.17. The maximum Gasteiger partial charge on any atom is 0.433 e. The Labute approximate surface area is 198 Å². The molecule has 0 N–H and O–H groups in total. The highest BCUT2D eigenvalue weighted by molar-refractivity contribution is 5.51. The summed E-state index contributed by atoms with van der Waals surface area (Å²) in [5, 5.41) is 0. The molecule has 3 atom stereocenters. The molecule has 3 aliphatic rings. The summed E-state index contributed by atoms with van der Waals surface area (Å²) in [5.74, 6) is -0.964. The second-order valence-corrected chi connectivity index (χ2v) is 8.41. The van der Waals surface area contributed by atoms with E-state index in [1.807, 2.05) is 0 Å². The first kappa shape index (κ1) is 19.8. The van der Waals surface area contributed by atoms with Crippen LogP contribution in [0.3, 0.4) is 0 Å². The number of fused-ring (bicyclic) bond motifs is 3. The largest absolute Gasteiger partial charge is 0.454 e. The summed E-state index contributed by atoms with van der Waals surface area (Å²) < 4.78 is 89.0. The monoisotopic (exact) mass is 492 g/mol. The van der Waals surface area contributed by atoms with E-state index in [4.69, 9.17) is 17.0 Å². The number of nitrogens with zero attached hydrogens (tertiary/aromatic N) is 4. The Balaban J connectivity index is 1.20. The number of halogens is 4. The molecule has 0 aliphatic carbocycles. The number of hydrogen-bond acceptors (Lipinski definition) is 7. The Kier molecular flexibility index (Phi) is 4.38. The number of ether oxygens (including phenoxy) is 3. The molecule has 2 aromatic heterocycles. The highest BCUT2D eigenvalue weighted by Crippen LogP contribution is 2.50. The molecule has 3 aromatic rings. The molecule has 1 spiro atoms. The molecule has 0 amide bonds. The number of pyridine rings is 1. The molecule has 2 saturated heterocycles. The quantitative estimate of drug-likeness (QED) is 0.505. The van der Waals surface area contributed by atoms with Crippen molar-refractivity contribution >= 4 is 5.82 Å². The van der Waals surface area contributed by atoms with E-state index < -0.39 is 41.7 Å². The number of hydrogen-bond donors (Lipinski definition) is 0. The van der Waals surface area contributed by atoms with Crippen molar-refractivity contribution in [3.05, 3.63) is 76.4 Å². The molecule has 182 valence electrons. The molecule has 3 aliphatic heterocycles. The molecular formula is C23H18F4N4O4. The van der Waals surface area contributed by atoms with Gasteiger partial charge in [-0.05, 0) is 29.8 Å². The number of anilines is 1. The van der Waals surface area contributed by atoms with E-state index in [9.17, 15) is 22.4 Å². The molecule has 1 aromatic carbocycles. The molecule has 6 rings (SSSR count). The normalized spacial score (nSPS) is 26.8. The third-order valence-electron chi connectivity index (χ3n) is 6.17. The van der Waals surface area contributed by atoms with Gasteiger partial charge in [-0.1, -0.05) is 6.07 Å². The Morgan fingerprint density at radius 1 is 1.20 bits per heavy atom. The van der Waals surface area contributed by atoms with Gasteiger partial charge in [-0.25, -0.2) is 14.2 Å². The molecule has 2 fully saturated rings. The highest BCUT2D eigenvalue weighted by Gasteiger charge is 2.63. The van der Waals surface area contributed by atoms with Gasteiger partial charge in [0.2, 0.25) is 0 Å². The van der Waals surface area contributed by atoms with Crippen molar-refractivity contribution in [1.29, 1.82) is 0 Å². The Morgan fingerprint density at radius 2 is 2.03 bits per heavy atom. The second-order valence-electron chi connectivity index (χ2n) is 8.41. The summed E-state index contributed by atoms with van der Waals surface area (Å²) in [4.78, 5) is 21.1. The van der Waals surface area contributed by atoms with Crippen molar-refractivity contribution in [2.24, 2.45) is 0 Å². The first-order valence-electron chi connectivity index (χ1n) is 11.6. The zero-order valence-electron chi connectivity index (χ0n) is 19.8. The van der Waals surface area contributed by atoms with E-state index in [1.165, 1.54) is 24.4 Å². The van der Waals surface area contributed by atoms with E-state index >= 15 is 0 Å². The smallest absolute Gasteiger partial charge is 0.433 e. The number of rotatable bonds is 5. The van der Waals surface area contributed by atoms with Gasteiger partial charge < -0.3 is 19.1 Å². The molecule has 35 heavy (non-hydrogen) atoms. The Hall–Kier alpha value is -3.51. The predicted octanol–water partition coefficient (Wildman–Crippen LogP) is 3.49. The van der Waals surface area contributed by atoms with Gasteiger partial charge in [0.05, 0.1) is 21.9 Å². The van der Waals surface area contributed by atoms with Crippen LogP contribution in [0.15, 0.2) is 53.6 Å². The van der Waals surface area contributed by atoms with E-state index in [1.54, 1.807) is 11.0 Å². The van der Waals surface area contributed by atoms with Crippen LogP contribution in [0.25, 0.3) is 0 Å². The number of aromatic nitrogens is 3. The summed E-state index contributed by atoms with van der Waals surface area (Å²) in [6, 6.07) is 7.25. The van der Waals surface area contributed by atoms with Crippen LogP contribution in [0.5, 0.6) is 11.5 Å². The van der Waals surface area contributed by atoms with Crippen LogP contribution >= 0.6 is 0 Å². The van der Waals surface area contributed by atoms with Crippen LogP contribution in [0.4, 0.5) is 23.4 Å². The lowest BCUT2D eigenvalue weighted by Crippen LogP contribution is -2.54. The van der Waals surface area contributed by atoms with Gasteiger partial charge in [-0.3, -0.25) is 9.55 Å². The average Bonchev–Trinajstić information content (AvgIpc) is 3.46. The SMILES string of the molecule is [2H]C1([2H])n2c(ccnc2=O)N2CC3CC21C(OCc1ccc(Oc2ccnc(C(F)(F)F)c2)c(F)c1)O3. The van der Waals surface area contributed by atoms with Crippen LogP contribution < -0.4 is 15.3 Å². The van der Waals surface area contributed by atoms with Crippen LogP contribution in [-0.4, -0.2) is 39.0 Å². The van der Waals surface area contributed by atoms with Crippen molar-refractivity contribution < 1.29 is 34.5 Å². The lowest BCUT2D eigenvalue weighted by Gasteiger charge is -2.38. The summed E-state index contributed by atoms with van der Waals surface area (Å²) in [6.45, 7) is -1.95. The standard InChI is InChI=1S/C23H18F4N4O4/c24-16-7-13(1-2-17(16)34-14-3-5-28-18(8-14)23(25,26)27)11-33-20-22-9-15(35-20)10-31(22)19-4-6-29-21(32)30(19)12-22/h1-8,15,20H,9-12H2/i12D2. The van der Waals surface area contributed by atoms with Gasteiger partial charge in [0.1, 0.15) is 22.8 Å². The van der Waals surface area contributed by atoms with E-state index in [2.05, 4.69) is 9.97 Å². The lowest BCUT2D eigenvalue weighted by molar-refractivity contribution is -0.174. The van der Waals surface area contributed by atoms with Crippen molar-refractivity contribution in [1.82, 2.24) is 14.5 Å². The molecule has 8 nitrogen and oxygen atoms in total. The number of morpholine rings is 1. The maximum atomic E-state index is 14.7. The first-order chi connectivity index (χ1) is 17.5. The van der Waals surface area contributed by atoms with Crippen molar-refractivity contribution in [2.75, 3.05) is 11.4 Å². The maximum absolute atomic E-state index is 14.7. The minimum Gasteiger partial charge on any atom is -0.454 e. The van der Waals surface area contributed by atoms with Crippen LogP contribution in [-0.2, 0) is 28.8 Å². The summed E-state index contributed by atoms with van der Waals surface area (Å²) >= 11 is 0. The molecule has 12 heteroatoms. The number of alkyl halides is 3. The Morgan fingerprint density at radius 3 is 2.83 bits per heavy atom. The molecule has 2 bridgehead atoms. The zero-order chi connectivity index (χ0) is 26.2. The lowest BCUT2D eigenvalue weighted by atomic mass is 9.98. The van der Waals surface area contributed by atoms with Gasteiger partial charge in [-0.15, -0.1) is 0 Å². The van der Waals surface area contributed by atoms with Crippen LogP contribution in [0.2, 0.25) is 0 Å². The fourth-order valence-corrected chi connectivity index (χ4v) is 4.68. The number of benzene rings is 1. The zero-order valence-corrected chi connectivity index (χ0v) is 17.8. The van der Waals surface area contributed by atoms with E-state index in [-0.39, 0.29) is 24.2 Å². The van der Waals surface area contributed by atoms with Gasteiger partial charge in [0.25, 0.3) is 0 Å². The molecule has 0 saturated carbocycles.